The minimum Gasteiger partial charge on any atom is -0.335 e. The second-order valence-corrected chi connectivity index (χ2v) is 7.79. The molecule has 1 N–H and O–H groups in total. The Kier molecular flexibility index (Phi) is 2.92. The molecule has 2 aliphatic heterocycles. The number of amides is 1. The molecule has 3 nitrogen and oxygen atoms in total. The summed E-state index contributed by atoms with van der Waals surface area (Å²) < 4.78 is 26.7. The van der Waals surface area contributed by atoms with Crippen LogP contribution in [0.4, 0.5) is 8.78 Å². The van der Waals surface area contributed by atoms with Crippen LogP contribution in [0.1, 0.15) is 45.4 Å². The average Bonchev–Trinajstić information content (AvgIpc) is 2.80. The van der Waals surface area contributed by atoms with Crippen molar-refractivity contribution in [3.8, 4) is 0 Å². The summed E-state index contributed by atoms with van der Waals surface area (Å²) in [6, 6.07) is 0.660. The zero-order valence-electron chi connectivity index (χ0n) is 12.6. The normalized spacial score (nSPS) is 43.1. The van der Waals surface area contributed by atoms with Crippen LogP contribution in [-0.4, -0.2) is 41.9 Å². The fourth-order valence-electron chi connectivity index (χ4n) is 5.09. The maximum absolute atomic E-state index is 13.3. The number of carbonyl (C=O) groups excluding carboxylic acids is 1. The highest BCUT2D eigenvalue weighted by molar-refractivity contribution is 5.83. The van der Waals surface area contributed by atoms with E-state index in [9.17, 15) is 13.6 Å². The number of hydrogen-bond donors (Lipinski definition) is 1. The van der Waals surface area contributed by atoms with Crippen molar-refractivity contribution in [3.05, 3.63) is 0 Å². The number of nitrogens with one attached hydrogen (secondary N) is 1. The molecule has 2 saturated heterocycles. The first-order valence-electron chi connectivity index (χ1n) is 8.33. The van der Waals surface area contributed by atoms with Crippen molar-refractivity contribution in [1.82, 2.24) is 10.2 Å². The molecule has 2 saturated carbocycles. The fourth-order valence-corrected chi connectivity index (χ4v) is 5.09. The molecule has 0 radical (unpaired) electrons. The molecule has 1 amide bonds. The van der Waals surface area contributed by atoms with E-state index < -0.39 is 5.92 Å². The highest BCUT2D eigenvalue weighted by Gasteiger charge is 2.63. The van der Waals surface area contributed by atoms with Gasteiger partial charge in [-0.05, 0) is 43.9 Å². The number of alkyl halides is 2. The van der Waals surface area contributed by atoms with E-state index in [-0.39, 0.29) is 30.1 Å². The quantitative estimate of drug-likeness (QED) is 0.806. The standard InChI is InChI=1S/C16H24F2N2O/c1-10-6-11-8-19-9-13(11)20(10)14(21)12-7-15(12)2-4-16(17,18)5-3-15/h10-13,19H,2-9H2,1H3/t10-,11+,12?,13-/m1/s1. The number of fused-ring (bicyclic) bond motifs is 1. The third-order valence-corrected chi connectivity index (χ3v) is 6.50. The highest BCUT2D eigenvalue weighted by atomic mass is 19.3. The molecule has 4 aliphatic rings. The lowest BCUT2D eigenvalue weighted by atomic mass is 9.82. The van der Waals surface area contributed by atoms with Crippen LogP contribution in [0.3, 0.4) is 0 Å². The number of halogens is 2. The van der Waals surface area contributed by atoms with E-state index in [2.05, 4.69) is 17.1 Å². The van der Waals surface area contributed by atoms with Crippen molar-refractivity contribution in [1.29, 1.82) is 0 Å². The number of hydrogen-bond acceptors (Lipinski definition) is 2. The Morgan fingerprint density at radius 2 is 1.90 bits per heavy atom. The van der Waals surface area contributed by atoms with Crippen LogP contribution in [0.25, 0.3) is 0 Å². The minimum absolute atomic E-state index is 0.0235. The maximum atomic E-state index is 13.3. The van der Waals surface area contributed by atoms with Gasteiger partial charge >= 0.3 is 0 Å². The summed E-state index contributed by atoms with van der Waals surface area (Å²) in [6.45, 7) is 4.06. The van der Waals surface area contributed by atoms with Gasteiger partial charge in [-0.2, -0.15) is 0 Å². The van der Waals surface area contributed by atoms with E-state index >= 15 is 0 Å². The molecular weight excluding hydrogens is 274 g/mol. The lowest BCUT2D eigenvalue weighted by Gasteiger charge is -2.32. The van der Waals surface area contributed by atoms with Crippen LogP contribution in [0, 0.1) is 17.3 Å². The van der Waals surface area contributed by atoms with Gasteiger partial charge in [-0.3, -0.25) is 4.79 Å². The zero-order valence-corrected chi connectivity index (χ0v) is 12.6. The minimum atomic E-state index is -2.50. The van der Waals surface area contributed by atoms with E-state index in [1.165, 1.54) is 0 Å². The second-order valence-electron chi connectivity index (χ2n) is 7.79. The third kappa shape index (κ3) is 2.11. The molecule has 0 bridgehead atoms. The molecule has 4 rings (SSSR count). The molecule has 4 fully saturated rings. The van der Waals surface area contributed by atoms with Crippen LogP contribution in [-0.2, 0) is 4.79 Å². The average molecular weight is 298 g/mol. The van der Waals surface area contributed by atoms with Gasteiger partial charge in [-0.15, -0.1) is 0 Å². The summed E-state index contributed by atoms with van der Waals surface area (Å²) in [7, 11) is 0. The molecule has 118 valence electrons. The SMILES string of the molecule is C[C@@H]1C[C@H]2CNC[C@H]2N1C(=O)C1CC12CCC(F)(F)CC2. The van der Waals surface area contributed by atoms with Gasteiger partial charge in [0.25, 0.3) is 0 Å². The van der Waals surface area contributed by atoms with Gasteiger partial charge < -0.3 is 10.2 Å². The molecule has 0 aromatic carbocycles. The lowest BCUT2D eigenvalue weighted by Crippen LogP contribution is -2.44. The van der Waals surface area contributed by atoms with Crippen molar-refractivity contribution in [2.45, 2.75) is 63.5 Å². The van der Waals surface area contributed by atoms with Crippen molar-refractivity contribution in [3.63, 3.8) is 0 Å². The maximum Gasteiger partial charge on any atom is 0.248 e. The topological polar surface area (TPSA) is 32.3 Å². The monoisotopic (exact) mass is 298 g/mol. The van der Waals surface area contributed by atoms with Gasteiger partial charge in [-0.1, -0.05) is 0 Å². The summed E-state index contributed by atoms with van der Waals surface area (Å²) in [4.78, 5) is 15.0. The smallest absolute Gasteiger partial charge is 0.248 e. The third-order valence-electron chi connectivity index (χ3n) is 6.50. The first-order chi connectivity index (χ1) is 9.92. The molecule has 1 unspecified atom stereocenters. The first-order valence-corrected chi connectivity index (χ1v) is 8.33. The second kappa shape index (κ2) is 4.40. The van der Waals surface area contributed by atoms with E-state index in [1.807, 2.05) is 0 Å². The molecule has 2 aliphatic carbocycles. The predicted octanol–water partition coefficient (Wildman–Crippen LogP) is 2.41. The zero-order chi connectivity index (χ0) is 14.8. The number of carbonyl (C=O) groups is 1. The molecular formula is C16H24F2N2O. The van der Waals surface area contributed by atoms with Crippen LogP contribution >= 0.6 is 0 Å². The van der Waals surface area contributed by atoms with E-state index in [0.29, 0.717) is 30.8 Å². The summed E-state index contributed by atoms with van der Waals surface area (Å²) in [5.74, 6) is -1.63. The van der Waals surface area contributed by atoms with Crippen molar-refractivity contribution in [2.75, 3.05) is 13.1 Å². The lowest BCUT2D eigenvalue weighted by molar-refractivity contribution is -0.137. The highest BCUT2D eigenvalue weighted by Crippen LogP contribution is 2.64. The van der Waals surface area contributed by atoms with Crippen LogP contribution in [0.2, 0.25) is 0 Å². The molecule has 0 aromatic heterocycles. The number of rotatable bonds is 1. The largest absolute Gasteiger partial charge is 0.335 e. The fraction of sp³-hybridized carbons (Fsp3) is 0.938. The van der Waals surface area contributed by atoms with E-state index in [1.54, 1.807) is 0 Å². The van der Waals surface area contributed by atoms with Crippen LogP contribution in [0.15, 0.2) is 0 Å². The van der Waals surface area contributed by atoms with E-state index in [4.69, 9.17) is 0 Å². The Hall–Kier alpha value is -0.710. The Balaban J connectivity index is 1.45. The van der Waals surface area contributed by atoms with Gasteiger partial charge in [0.2, 0.25) is 11.8 Å². The predicted molar refractivity (Wildman–Crippen MR) is 75.0 cm³/mol. The Labute approximate surface area is 124 Å². The summed E-state index contributed by atoms with van der Waals surface area (Å²) in [5.41, 5.74) is -0.0808. The molecule has 1 spiro atoms. The molecule has 4 atom stereocenters. The summed E-state index contributed by atoms with van der Waals surface area (Å²) in [6.07, 6.45) is 2.94. The molecule has 0 aromatic rings. The Morgan fingerprint density at radius 3 is 2.62 bits per heavy atom. The van der Waals surface area contributed by atoms with Crippen molar-refractivity contribution >= 4 is 5.91 Å². The van der Waals surface area contributed by atoms with E-state index in [0.717, 1.165) is 25.9 Å². The Bertz CT molecular complexity index is 457. The van der Waals surface area contributed by atoms with Crippen LogP contribution < -0.4 is 5.32 Å². The van der Waals surface area contributed by atoms with Gasteiger partial charge in [0.05, 0.1) is 0 Å². The molecule has 21 heavy (non-hydrogen) atoms. The Morgan fingerprint density at radius 1 is 1.19 bits per heavy atom. The summed E-state index contributed by atoms with van der Waals surface area (Å²) in [5, 5.41) is 3.38. The summed E-state index contributed by atoms with van der Waals surface area (Å²) >= 11 is 0. The molecule has 5 heteroatoms. The molecule has 2 heterocycles. The van der Waals surface area contributed by atoms with Crippen molar-refractivity contribution in [2.24, 2.45) is 17.3 Å². The van der Waals surface area contributed by atoms with Crippen molar-refractivity contribution < 1.29 is 13.6 Å². The van der Waals surface area contributed by atoms with Gasteiger partial charge in [0, 0.05) is 43.9 Å². The van der Waals surface area contributed by atoms with Gasteiger partial charge in [-0.25, -0.2) is 8.78 Å². The van der Waals surface area contributed by atoms with Gasteiger partial charge in [0.15, 0.2) is 0 Å². The first kappa shape index (κ1) is 13.9. The number of likely N-dealkylation sites (tertiary alicyclic amines) is 1. The number of nitrogens with zero attached hydrogens (tertiary/aromatic N) is 1. The van der Waals surface area contributed by atoms with Gasteiger partial charge in [0.1, 0.15) is 0 Å². The van der Waals surface area contributed by atoms with Crippen LogP contribution in [0.5, 0.6) is 0 Å².